The highest BCUT2D eigenvalue weighted by Gasteiger charge is 2.17. The van der Waals surface area contributed by atoms with Gasteiger partial charge in [-0.25, -0.2) is 4.99 Å². The number of rotatable bonds is 9. The molecule has 2 N–H and O–H groups in total. The molecule has 3 rings (SSSR count). The van der Waals surface area contributed by atoms with Crippen LogP contribution in [0.4, 0.5) is 0 Å². The van der Waals surface area contributed by atoms with E-state index in [9.17, 15) is 0 Å². The molecule has 1 aromatic heterocycles. The molecule has 170 valence electrons. The van der Waals surface area contributed by atoms with Crippen LogP contribution in [0.3, 0.4) is 0 Å². The van der Waals surface area contributed by atoms with Crippen molar-refractivity contribution in [1.29, 1.82) is 0 Å². The molecule has 2 atom stereocenters. The van der Waals surface area contributed by atoms with Gasteiger partial charge in [0.05, 0.1) is 18.7 Å². The fourth-order valence-corrected chi connectivity index (χ4v) is 3.87. The molecule has 0 aliphatic carbocycles. The largest absolute Gasteiger partial charge is 0.379 e. The molecule has 0 amide bonds. The minimum Gasteiger partial charge on any atom is -0.379 e. The molecule has 0 spiro atoms. The third-order valence-corrected chi connectivity index (χ3v) is 5.86. The second-order valence-corrected chi connectivity index (χ2v) is 8.44. The highest BCUT2D eigenvalue weighted by Crippen LogP contribution is 2.24. The standard InChI is InChI=1S/C26H33ClN4O/c1-6-18(3)26(30-20(5)29-24-12-14-32-17-24)31-13-11-22(16-31)19(4)28-25(7-2)21-9-8-10-23(27)15-21/h6,8-11,13,15-16,24-25,28-29H,4-5,7,12,14,17H2,1-3H3/b18-6-,30-26?/t24?,25-/m1/s1. The lowest BCUT2D eigenvalue weighted by molar-refractivity contribution is 0.191. The lowest BCUT2D eigenvalue weighted by Crippen LogP contribution is -2.28. The number of nitrogens with zero attached hydrogens (tertiary/aromatic N) is 2. The van der Waals surface area contributed by atoms with Gasteiger partial charge < -0.3 is 19.9 Å². The highest BCUT2D eigenvalue weighted by atomic mass is 35.5. The number of hydrogen-bond donors (Lipinski definition) is 2. The molecule has 1 aliphatic heterocycles. The van der Waals surface area contributed by atoms with Crippen LogP contribution in [-0.4, -0.2) is 29.7 Å². The predicted molar refractivity (Wildman–Crippen MR) is 135 cm³/mol. The third-order valence-electron chi connectivity index (χ3n) is 5.62. The molecule has 5 nitrogen and oxygen atoms in total. The number of hydrogen-bond acceptors (Lipinski definition) is 4. The van der Waals surface area contributed by atoms with E-state index in [0.29, 0.717) is 12.4 Å². The van der Waals surface area contributed by atoms with Gasteiger partial charge in [0.25, 0.3) is 0 Å². The topological polar surface area (TPSA) is 50.6 Å². The van der Waals surface area contributed by atoms with Crippen LogP contribution in [0.2, 0.25) is 5.02 Å². The maximum absolute atomic E-state index is 6.18. The van der Waals surface area contributed by atoms with Crippen molar-refractivity contribution >= 4 is 23.1 Å². The van der Waals surface area contributed by atoms with Crippen LogP contribution in [0.15, 0.2) is 78.3 Å². The van der Waals surface area contributed by atoms with Crippen LogP contribution >= 0.6 is 11.6 Å². The molecule has 6 heteroatoms. The summed E-state index contributed by atoms with van der Waals surface area (Å²) in [7, 11) is 0. The first-order chi connectivity index (χ1) is 15.4. The lowest BCUT2D eigenvalue weighted by Gasteiger charge is -2.20. The molecule has 2 aromatic rings. The molecule has 2 heterocycles. The summed E-state index contributed by atoms with van der Waals surface area (Å²) in [5, 5.41) is 7.64. The normalized spacial score (nSPS) is 17.8. The van der Waals surface area contributed by atoms with Crippen LogP contribution < -0.4 is 10.6 Å². The SMILES string of the molecule is C=C(N=C(/C(C)=C\C)n1ccc(C(=C)N[C@H](CC)c2cccc(Cl)c2)c1)NC1CCOC1. The number of allylic oxidation sites excluding steroid dienone is 2. The molecular weight excluding hydrogens is 420 g/mol. The van der Waals surface area contributed by atoms with Gasteiger partial charge >= 0.3 is 0 Å². The van der Waals surface area contributed by atoms with E-state index in [1.165, 1.54) is 0 Å². The second-order valence-electron chi connectivity index (χ2n) is 8.00. The summed E-state index contributed by atoms with van der Waals surface area (Å²) in [4.78, 5) is 4.77. The fourth-order valence-electron chi connectivity index (χ4n) is 3.67. The average Bonchev–Trinajstić information content (AvgIpc) is 3.47. The average molecular weight is 453 g/mol. The van der Waals surface area contributed by atoms with Gasteiger partial charge in [-0.3, -0.25) is 0 Å². The maximum atomic E-state index is 6.18. The van der Waals surface area contributed by atoms with Crippen LogP contribution in [0, 0.1) is 0 Å². The highest BCUT2D eigenvalue weighted by molar-refractivity contribution is 6.30. The molecule has 0 saturated carbocycles. The van der Waals surface area contributed by atoms with Crippen LogP contribution in [0.5, 0.6) is 0 Å². The van der Waals surface area contributed by atoms with Gasteiger partial charge in [0.1, 0.15) is 11.7 Å². The van der Waals surface area contributed by atoms with Crippen molar-refractivity contribution in [3.63, 3.8) is 0 Å². The van der Waals surface area contributed by atoms with Crippen molar-refractivity contribution in [3.8, 4) is 0 Å². The molecular formula is C26H33ClN4O. The number of aliphatic imine (C=N–C) groups is 1. The van der Waals surface area contributed by atoms with Gasteiger partial charge in [-0.2, -0.15) is 0 Å². The molecule has 32 heavy (non-hydrogen) atoms. The Morgan fingerprint density at radius 3 is 2.84 bits per heavy atom. The Labute approximate surface area is 196 Å². The molecule has 1 aliphatic rings. The van der Waals surface area contributed by atoms with E-state index < -0.39 is 0 Å². The van der Waals surface area contributed by atoms with Gasteiger partial charge in [-0.15, -0.1) is 0 Å². The number of ether oxygens (including phenoxy) is 1. The second kappa shape index (κ2) is 11.2. The van der Waals surface area contributed by atoms with Gasteiger partial charge in [-0.1, -0.05) is 49.9 Å². The van der Waals surface area contributed by atoms with Crippen molar-refractivity contribution in [3.05, 3.63) is 89.5 Å². The van der Waals surface area contributed by atoms with Crippen molar-refractivity contribution < 1.29 is 4.74 Å². The van der Waals surface area contributed by atoms with E-state index in [4.69, 9.17) is 21.3 Å². The zero-order chi connectivity index (χ0) is 23.1. The first-order valence-corrected chi connectivity index (χ1v) is 11.4. The van der Waals surface area contributed by atoms with Crippen molar-refractivity contribution in [2.75, 3.05) is 13.2 Å². The summed E-state index contributed by atoms with van der Waals surface area (Å²) < 4.78 is 7.44. The summed E-state index contributed by atoms with van der Waals surface area (Å²) >= 11 is 6.18. The van der Waals surface area contributed by atoms with E-state index in [1.54, 1.807) is 0 Å². The molecule has 0 bridgehead atoms. The molecule has 1 fully saturated rings. The summed E-state index contributed by atoms with van der Waals surface area (Å²) in [5.41, 5.74) is 4.06. The van der Waals surface area contributed by atoms with Crippen molar-refractivity contribution in [1.82, 2.24) is 15.2 Å². The van der Waals surface area contributed by atoms with Crippen molar-refractivity contribution in [2.45, 2.75) is 45.7 Å². The van der Waals surface area contributed by atoms with E-state index in [2.05, 4.69) is 36.8 Å². The van der Waals surface area contributed by atoms with Gasteiger partial charge in [-0.05, 0) is 56.0 Å². The third kappa shape index (κ3) is 6.15. The van der Waals surface area contributed by atoms with Gasteiger partial charge in [0.2, 0.25) is 0 Å². The molecule has 1 unspecified atom stereocenters. The Hall–Kier alpha value is -2.76. The Morgan fingerprint density at radius 1 is 1.38 bits per heavy atom. The Balaban J connectivity index is 1.76. The van der Waals surface area contributed by atoms with Crippen LogP contribution in [-0.2, 0) is 4.74 Å². The quantitative estimate of drug-likeness (QED) is 0.367. The molecule has 1 saturated heterocycles. The summed E-state index contributed by atoms with van der Waals surface area (Å²) in [6.07, 6.45) is 7.97. The summed E-state index contributed by atoms with van der Waals surface area (Å²) in [5.74, 6) is 1.46. The maximum Gasteiger partial charge on any atom is 0.141 e. The van der Waals surface area contributed by atoms with Crippen LogP contribution in [0.25, 0.3) is 5.70 Å². The Kier molecular flexibility index (Phi) is 8.37. The minimum absolute atomic E-state index is 0.132. The summed E-state index contributed by atoms with van der Waals surface area (Å²) in [6, 6.07) is 10.4. The van der Waals surface area contributed by atoms with E-state index in [-0.39, 0.29) is 12.1 Å². The Morgan fingerprint density at radius 2 is 2.19 bits per heavy atom. The first-order valence-electron chi connectivity index (χ1n) is 11.1. The predicted octanol–water partition coefficient (Wildman–Crippen LogP) is 5.92. The summed E-state index contributed by atoms with van der Waals surface area (Å²) in [6.45, 7) is 16.0. The number of benzene rings is 1. The van der Waals surface area contributed by atoms with Gasteiger partial charge in [0, 0.05) is 35.3 Å². The fraction of sp³-hybridized carbons (Fsp3) is 0.346. The number of nitrogens with one attached hydrogen (secondary N) is 2. The smallest absolute Gasteiger partial charge is 0.141 e. The first kappa shape index (κ1) is 23.9. The van der Waals surface area contributed by atoms with Gasteiger partial charge in [0.15, 0.2) is 0 Å². The number of aromatic nitrogens is 1. The lowest BCUT2D eigenvalue weighted by atomic mass is 10.0. The van der Waals surface area contributed by atoms with E-state index in [1.807, 2.05) is 61.1 Å². The monoisotopic (exact) mass is 452 g/mol. The van der Waals surface area contributed by atoms with Crippen molar-refractivity contribution in [2.24, 2.45) is 4.99 Å². The minimum atomic E-state index is 0.132. The van der Waals surface area contributed by atoms with E-state index in [0.717, 1.165) is 52.7 Å². The zero-order valence-corrected chi connectivity index (χ0v) is 20.0. The zero-order valence-electron chi connectivity index (χ0n) is 19.2. The number of halogens is 1. The molecule has 1 aromatic carbocycles. The van der Waals surface area contributed by atoms with Crippen LogP contribution in [0.1, 0.15) is 50.8 Å². The Bertz CT molecular complexity index is 1010. The van der Waals surface area contributed by atoms with E-state index >= 15 is 0 Å². The molecule has 0 radical (unpaired) electrons.